The molecule has 0 aliphatic heterocycles. The van der Waals surface area contributed by atoms with E-state index in [1.54, 1.807) is 17.0 Å². The number of rotatable bonds is 7. The van der Waals surface area contributed by atoms with Crippen LogP contribution in [0.4, 0.5) is 4.79 Å². The lowest BCUT2D eigenvalue weighted by molar-refractivity contribution is 0.119. The van der Waals surface area contributed by atoms with E-state index < -0.39 is 12.2 Å². The van der Waals surface area contributed by atoms with Crippen molar-refractivity contribution in [1.29, 1.82) is 0 Å². The predicted molar refractivity (Wildman–Crippen MR) is 106 cm³/mol. The topological polar surface area (TPSA) is 81.1 Å². The standard InChI is InChI=1S/C21H28N2O5/c1-13(2)23(14(3)4)21(25)28-18-16(12-22-20(27-6)19(18)26-5)17(24)15-10-8-7-9-11-15/h7-14,17,24H,1-6H3. The molecule has 0 radical (unpaired) electrons. The van der Waals surface area contributed by atoms with Gasteiger partial charge in [-0.1, -0.05) is 30.3 Å². The van der Waals surface area contributed by atoms with Crippen molar-refractivity contribution >= 4 is 6.09 Å². The van der Waals surface area contributed by atoms with Crippen LogP contribution in [0.2, 0.25) is 0 Å². The molecule has 1 atom stereocenters. The van der Waals surface area contributed by atoms with Gasteiger partial charge in [-0.3, -0.25) is 0 Å². The lowest BCUT2D eigenvalue weighted by Gasteiger charge is -2.30. The zero-order valence-electron chi connectivity index (χ0n) is 17.2. The van der Waals surface area contributed by atoms with E-state index in [9.17, 15) is 9.90 Å². The molecule has 0 aliphatic rings. The summed E-state index contributed by atoms with van der Waals surface area (Å²) in [6.07, 6.45) is -0.169. The minimum absolute atomic E-state index is 0.0651. The predicted octanol–water partition coefficient (Wildman–Crippen LogP) is 3.80. The highest BCUT2D eigenvalue weighted by Crippen LogP contribution is 2.42. The second kappa shape index (κ2) is 9.41. The zero-order chi connectivity index (χ0) is 20.8. The Morgan fingerprint density at radius 3 is 2.11 bits per heavy atom. The summed E-state index contributed by atoms with van der Waals surface area (Å²) in [5.41, 5.74) is 0.947. The first-order valence-electron chi connectivity index (χ1n) is 9.15. The molecule has 0 bridgehead atoms. The lowest BCUT2D eigenvalue weighted by Crippen LogP contribution is -2.43. The number of nitrogens with zero attached hydrogens (tertiary/aromatic N) is 2. The van der Waals surface area contributed by atoms with Crippen LogP contribution >= 0.6 is 0 Å². The molecule has 0 fully saturated rings. The Morgan fingerprint density at radius 1 is 1.00 bits per heavy atom. The van der Waals surface area contributed by atoms with Crippen LogP contribution in [0.5, 0.6) is 17.4 Å². The SMILES string of the molecule is COc1ncc(C(O)c2ccccc2)c(OC(=O)N(C(C)C)C(C)C)c1OC. The van der Waals surface area contributed by atoms with Crippen molar-refractivity contribution in [3.8, 4) is 17.4 Å². The van der Waals surface area contributed by atoms with Gasteiger partial charge in [-0.25, -0.2) is 9.78 Å². The molecule has 7 nitrogen and oxygen atoms in total. The van der Waals surface area contributed by atoms with Crippen LogP contribution in [0, 0.1) is 0 Å². The van der Waals surface area contributed by atoms with Crippen molar-refractivity contribution in [3.05, 3.63) is 47.7 Å². The highest BCUT2D eigenvalue weighted by atomic mass is 16.6. The maximum Gasteiger partial charge on any atom is 0.415 e. The Kier molecular flexibility index (Phi) is 7.23. The Hall–Kier alpha value is -2.80. The van der Waals surface area contributed by atoms with Crippen molar-refractivity contribution in [2.24, 2.45) is 0 Å². The summed E-state index contributed by atoms with van der Waals surface area (Å²) in [4.78, 5) is 18.7. The Labute approximate surface area is 165 Å². The van der Waals surface area contributed by atoms with Crippen LogP contribution in [0.1, 0.15) is 44.9 Å². The van der Waals surface area contributed by atoms with Crippen LogP contribution in [0.3, 0.4) is 0 Å². The van der Waals surface area contributed by atoms with Gasteiger partial charge in [0.15, 0.2) is 5.75 Å². The maximum absolute atomic E-state index is 12.9. The number of carbonyl (C=O) groups excluding carboxylic acids is 1. The smallest absolute Gasteiger partial charge is 0.415 e. The minimum atomic E-state index is -1.05. The first-order chi connectivity index (χ1) is 13.3. The van der Waals surface area contributed by atoms with Gasteiger partial charge >= 0.3 is 6.09 Å². The van der Waals surface area contributed by atoms with E-state index in [0.29, 0.717) is 11.1 Å². The summed E-state index contributed by atoms with van der Waals surface area (Å²) in [6, 6.07) is 8.92. The highest BCUT2D eigenvalue weighted by molar-refractivity contribution is 5.74. The van der Waals surface area contributed by atoms with E-state index in [1.807, 2.05) is 45.9 Å². The van der Waals surface area contributed by atoms with E-state index in [2.05, 4.69) is 4.98 Å². The van der Waals surface area contributed by atoms with Gasteiger partial charge in [0.25, 0.3) is 5.88 Å². The first kappa shape index (κ1) is 21.5. The molecular weight excluding hydrogens is 360 g/mol. The number of amides is 1. The number of methoxy groups -OCH3 is 2. The molecular formula is C21H28N2O5. The molecule has 0 aliphatic carbocycles. The molecule has 28 heavy (non-hydrogen) atoms. The summed E-state index contributed by atoms with van der Waals surface area (Å²) in [5, 5.41) is 10.9. The fourth-order valence-electron chi connectivity index (χ4n) is 3.07. The van der Waals surface area contributed by atoms with Gasteiger partial charge in [-0.2, -0.15) is 0 Å². The average molecular weight is 388 g/mol. The van der Waals surface area contributed by atoms with Gasteiger partial charge in [0.2, 0.25) is 5.75 Å². The van der Waals surface area contributed by atoms with Crippen molar-refractivity contribution in [2.45, 2.75) is 45.9 Å². The Bertz CT molecular complexity index is 785. The molecule has 0 saturated heterocycles. The third-order valence-electron chi connectivity index (χ3n) is 4.30. The number of carbonyl (C=O) groups is 1. The Morgan fingerprint density at radius 2 is 1.61 bits per heavy atom. The molecule has 2 rings (SSSR count). The maximum atomic E-state index is 12.9. The number of aliphatic hydroxyl groups excluding tert-OH is 1. The second-order valence-electron chi connectivity index (χ2n) is 6.86. The molecule has 1 aromatic heterocycles. The lowest BCUT2D eigenvalue weighted by atomic mass is 10.0. The normalized spacial score (nSPS) is 12.0. The number of aliphatic hydroxyl groups is 1. The van der Waals surface area contributed by atoms with Crippen LogP contribution in [0.15, 0.2) is 36.5 Å². The van der Waals surface area contributed by atoms with Gasteiger partial charge in [0, 0.05) is 18.3 Å². The number of pyridine rings is 1. The van der Waals surface area contributed by atoms with Crippen molar-refractivity contribution < 1.29 is 24.1 Å². The van der Waals surface area contributed by atoms with Crippen molar-refractivity contribution in [1.82, 2.24) is 9.88 Å². The van der Waals surface area contributed by atoms with E-state index in [0.717, 1.165) is 0 Å². The van der Waals surface area contributed by atoms with Crippen LogP contribution < -0.4 is 14.2 Å². The van der Waals surface area contributed by atoms with E-state index in [4.69, 9.17) is 14.2 Å². The molecule has 1 amide bonds. The number of benzene rings is 1. The fourth-order valence-corrected chi connectivity index (χ4v) is 3.07. The van der Waals surface area contributed by atoms with E-state index in [-0.39, 0.29) is 29.5 Å². The summed E-state index contributed by atoms with van der Waals surface area (Å²) in [6.45, 7) is 7.63. The zero-order valence-corrected chi connectivity index (χ0v) is 17.2. The first-order valence-corrected chi connectivity index (χ1v) is 9.15. The molecule has 1 heterocycles. The third-order valence-corrected chi connectivity index (χ3v) is 4.30. The molecule has 1 unspecified atom stereocenters. The molecule has 7 heteroatoms. The molecule has 2 aromatic rings. The van der Waals surface area contributed by atoms with Crippen molar-refractivity contribution in [3.63, 3.8) is 0 Å². The van der Waals surface area contributed by atoms with Crippen LogP contribution in [-0.2, 0) is 0 Å². The van der Waals surface area contributed by atoms with Crippen molar-refractivity contribution in [2.75, 3.05) is 14.2 Å². The Balaban J connectivity index is 2.54. The number of hydrogen-bond acceptors (Lipinski definition) is 6. The highest BCUT2D eigenvalue weighted by Gasteiger charge is 2.29. The number of aromatic nitrogens is 1. The summed E-state index contributed by atoms with van der Waals surface area (Å²) in [5.74, 6) is 0.396. The average Bonchev–Trinajstić information content (AvgIpc) is 2.67. The van der Waals surface area contributed by atoms with Gasteiger partial charge in [-0.15, -0.1) is 0 Å². The monoisotopic (exact) mass is 388 g/mol. The molecule has 0 saturated carbocycles. The fraction of sp³-hybridized carbons (Fsp3) is 0.429. The van der Waals surface area contributed by atoms with E-state index >= 15 is 0 Å². The molecule has 1 N–H and O–H groups in total. The molecule has 0 spiro atoms. The summed E-state index contributed by atoms with van der Waals surface area (Å²) >= 11 is 0. The quantitative estimate of drug-likeness (QED) is 0.777. The van der Waals surface area contributed by atoms with E-state index in [1.165, 1.54) is 20.4 Å². The minimum Gasteiger partial charge on any atom is -0.489 e. The third kappa shape index (κ3) is 4.54. The largest absolute Gasteiger partial charge is 0.489 e. The molecule has 152 valence electrons. The number of hydrogen-bond donors (Lipinski definition) is 1. The van der Waals surface area contributed by atoms with Gasteiger partial charge in [0.1, 0.15) is 6.10 Å². The van der Waals surface area contributed by atoms with Gasteiger partial charge in [0.05, 0.1) is 19.8 Å². The van der Waals surface area contributed by atoms with Gasteiger partial charge in [-0.05, 0) is 33.3 Å². The van der Waals surface area contributed by atoms with Gasteiger partial charge < -0.3 is 24.2 Å². The summed E-state index contributed by atoms with van der Waals surface area (Å²) in [7, 11) is 2.87. The summed E-state index contributed by atoms with van der Waals surface area (Å²) < 4.78 is 16.4. The van der Waals surface area contributed by atoms with Crippen LogP contribution in [0.25, 0.3) is 0 Å². The molecule has 1 aromatic carbocycles. The second-order valence-corrected chi connectivity index (χ2v) is 6.86. The van der Waals surface area contributed by atoms with Crippen LogP contribution in [-0.4, -0.2) is 47.4 Å². The number of ether oxygens (including phenoxy) is 3.